The van der Waals surface area contributed by atoms with Crippen molar-refractivity contribution >= 4 is 0 Å². The van der Waals surface area contributed by atoms with Gasteiger partial charge < -0.3 is 9.15 Å². The molecule has 1 aromatic heterocycles. The minimum absolute atomic E-state index is 0.282. The zero-order valence-corrected chi connectivity index (χ0v) is 9.29. The number of furan rings is 1. The summed E-state index contributed by atoms with van der Waals surface area (Å²) in [5.41, 5.74) is 2.40. The lowest BCUT2D eigenvalue weighted by atomic mass is 9.99. The van der Waals surface area contributed by atoms with Crippen LogP contribution in [0.4, 0.5) is 4.39 Å². The van der Waals surface area contributed by atoms with Crippen molar-refractivity contribution in [1.82, 2.24) is 0 Å². The molecular formula is C13H13FO2. The number of halogens is 1. The van der Waals surface area contributed by atoms with E-state index in [0.29, 0.717) is 12.0 Å². The van der Waals surface area contributed by atoms with Gasteiger partial charge in [0.05, 0.1) is 19.6 Å². The summed E-state index contributed by atoms with van der Waals surface area (Å²) < 4.78 is 23.9. The van der Waals surface area contributed by atoms with Crippen LogP contribution in [-0.4, -0.2) is 7.11 Å². The molecule has 2 nitrogen and oxygen atoms in total. The Labute approximate surface area is 93.7 Å². The Balaban J connectivity index is 2.59. The SMILES string of the molecule is CCc1c(-c2ccoc2)ccc(OC)c1F. The summed E-state index contributed by atoms with van der Waals surface area (Å²) in [6.45, 7) is 1.92. The van der Waals surface area contributed by atoms with Gasteiger partial charge in [-0.15, -0.1) is 0 Å². The van der Waals surface area contributed by atoms with Gasteiger partial charge in [-0.1, -0.05) is 13.0 Å². The first kappa shape index (κ1) is 10.7. The normalized spacial score (nSPS) is 10.4. The first-order valence-electron chi connectivity index (χ1n) is 5.15. The summed E-state index contributed by atoms with van der Waals surface area (Å²) in [5, 5.41) is 0. The van der Waals surface area contributed by atoms with E-state index in [4.69, 9.17) is 9.15 Å². The van der Waals surface area contributed by atoms with Crippen molar-refractivity contribution in [3.63, 3.8) is 0 Å². The minimum atomic E-state index is -0.288. The summed E-state index contributed by atoms with van der Waals surface area (Å²) in [4.78, 5) is 0. The van der Waals surface area contributed by atoms with E-state index in [2.05, 4.69) is 0 Å². The van der Waals surface area contributed by atoms with Gasteiger partial charge in [0, 0.05) is 5.56 Å². The molecule has 3 heteroatoms. The second-order valence-electron chi connectivity index (χ2n) is 3.47. The molecule has 0 aliphatic rings. The predicted molar refractivity (Wildman–Crippen MR) is 60.0 cm³/mol. The van der Waals surface area contributed by atoms with E-state index in [1.54, 1.807) is 18.6 Å². The average Bonchev–Trinajstić information content (AvgIpc) is 2.82. The Morgan fingerprint density at radius 1 is 1.31 bits per heavy atom. The minimum Gasteiger partial charge on any atom is -0.494 e. The van der Waals surface area contributed by atoms with Crippen LogP contribution in [-0.2, 0) is 6.42 Å². The van der Waals surface area contributed by atoms with Gasteiger partial charge in [0.15, 0.2) is 11.6 Å². The molecule has 1 heterocycles. The lowest BCUT2D eigenvalue weighted by Crippen LogP contribution is -1.96. The van der Waals surface area contributed by atoms with E-state index in [9.17, 15) is 4.39 Å². The topological polar surface area (TPSA) is 22.4 Å². The van der Waals surface area contributed by atoms with Gasteiger partial charge in [0.25, 0.3) is 0 Å². The molecule has 0 radical (unpaired) electrons. The fraction of sp³-hybridized carbons (Fsp3) is 0.231. The molecule has 16 heavy (non-hydrogen) atoms. The Morgan fingerprint density at radius 3 is 2.69 bits per heavy atom. The van der Waals surface area contributed by atoms with Crippen molar-refractivity contribution < 1.29 is 13.5 Å². The molecule has 0 atom stereocenters. The maximum atomic E-state index is 14.0. The van der Waals surface area contributed by atoms with Crippen molar-refractivity contribution in [3.8, 4) is 16.9 Å². The van der Waals surface area contributed by atoms with E-state index in [1.165, 1.54) is 7.11 Å². The van der Waals surface area contributed by atoms with E-state index >= 15 is 0 Å². The summed E-state index contributed by atoms with van der Waals surface area (Å²) in [6.07, 6.45) is 3.81. The zero-order valence-electron chi connectivity index (χ0n) is 9.29. The molecule has 84 valence electrons. The van der Waals surface area contributed by atoms with Crippen LogP contribution >= 0.6 is 0 Å². The third-order valence-electron chi connectivity index (χ3n) is 2.61. The van der Waals surface area contributed by atoms with Gasteiger partial charge in [-0.05, 0) is 29.7 Å². The summed E-state index contributed by atoms with van der Waals surface area (Å²) in [5.74, 6) is -0.00667. The number of hydrogen-bond acceptors (Lipinski definition) is 2. The molecule has 0 saturated heterocycles. The second-order valence-corrected chi connectivity index (χ2v) is 3.47. The molecule has 0 spiro atoms. The van der Waals surface area contributed by atoms with Gasteiger partial charge in [0.2, 0.25) is 0 Å². The molecular weight excluding hydrogens is 207 g/mol. The number of benzene rings is 1. The highest BCUT2D eigenvalue weighted by Crippen LogP contribution is 2.31. The number of ether oxygens (including phenoxy) is 1. The standard InChI is InChI=1S/C13H13FO2/c1-3-10-11(9-6-7-16-8-9)4-5-12(15-2)13(10)14/h4-8H,3H2,1-2H3. The highest BCUT2D eigenvalue weighted by Gasteiger charge is 2.14. The van der Waals surface area contributed by atoms with E-state index < -0.39 is 0 Å². The van der Waals surface area contributed by atoms with Crippen molar-refractivity contribution in [2.75, 3.05) is 7.11 Å². The number of hydrogen-bond donors (Lipinski definition) is 0. The van der Waals surface area contributed by atoms with E-state index in [1.807, 2.05) is 19.1 Å². The number of methoxy groups -OCH3 is 1. The average molecular weight is 220 g/mol. The highest BCUT2D eigenvalue weighted by atomic mass is 19.1. The van der Waals surface area contributed by atoms with Crippen molar-refractivity contribution in [2.45, 2.75) is 13.3 Å². The van der Waals surface area contributed by atoms with Crippen LogP contribution in [0.1, 0.15) is 12.5 Å². The molecule has 2 aromatic rings. The van der Waals surface area contributed by atoms with E-state index in [0.717, 1.165) is 11.1 Å². The summed E-state index contributed by atoms with van der Waals surface area (Å²) in [6, 6.07) is 5.31. The summed E-state index contributed by atoms with van der Waals surface area (Å²) in [7, 11) is 1.47. The summed E-state index contributed by atoms with van der Waals surface area (Å²) >= 11 is 0. The largest absolute Gasteiger partial charge is 0.494 e. The molecule has 0 unspecified atom stereocenters. The molecule has 0 saturated carbocycles. The second kappa shape index (κ2) is 4.39. The van der Waals surface area contributed by atoms with Gasteiger partial charge >= 0.3 is 0 Å². The van der Waals surface area contributed by atoms with Crippen molar-refractivity contribution in [2.24, 2.45) is 0 Å². The highest BCUT2D eigenvalue weighted by molar-refractivity contribution is 5.67. The molecule has 2 rings (SSSR count). The Kier molecular flexibility index (Phi) is 2.95. The lowest BCUT2D eigenvalue weighted by molar-refractivity contribution is 0.384. The maximum absolute atomic E-state index is 14.0. The van der Waals surface area contributed by atoms with Crippen LogP contribution in [0, 0.1) is 5.82 Å². The quantitative estimate of drug-likeness (QED) is 0.787. The lowest BCUT2D eigenvalue weighted by Gasteiger charge is -2.10. The van der Waals surface area contributed by atoms with Crippen LogP contribution in [0.3, 0.4) is 0 Å². The van der Waals surface area contributed by atoms with Gasteiger partial charge in [0.1, 0.15) is 0 Å². The smallest absolute Gasteiger partial charge is 0.168 e. The third kappa shape index (κ3) is 1.69. The molecule has 1 aromatic carbocycles. The first-order valence-corrected chi connectivity index (χ1v) is 5.15. The van der Waals surface area contributed by atoms with Crippen LogP contribution in [0.25, 0.3) is 11.1 Å². The molecule has 0 N–H and O–H groups in total. The van der Waals surface area contributed by atoms with Crippen LogP contribution < -0.4 is 4.74 Å². The molecule has 0 bridgehead atoms. The van der Waals surface area contributed by atoms with Crippen LogP contribution in [0.15, 0.2) is 35.1 Å². The van der Waals surface area contributed by atoms with Crippen LogP contribution in [0.5, 0.6) is 5.75 Å². The Morgan fingerprint density at radius 2 is 2.12 bits per heavy atom. The molecule has 0 aliphatic heterocycles. The third-order valence-corrected chi connectivity index (χ3v) is 2.61. The molecule has 0 aliphatic carbocycles. The maximum Gasteiger partial charge on any atom is 0.168 e. The number of rotatable bonds is 3. The monoisotopic (exact) mass is 220 g/mol. The van der Waals surface area contributed by atoms with Gasteiger partial charge in [-0.25, -0.2) is 4.39 Å². The van der Waals surface area contributed by atoms with Crippen LogP contribution in [0.2, 0.25) is 0 Å². The zero-order chi connectivity index (χ0) is 11.5. The molecule has 0 fully saturated rings. The predicted octanol–water partition coefficient (Wildman–Crippen LogP) is 3.66. The Bertz CT molecular complexity index is 475. The van der Waals surface area contributed by atoms with Crippen molar-refractivity contribution in [3.05, 3.63) is 42.1 Å². The fourth-order valence-corrected chi connectivity index (χ4v) is 1.79. The van der Waals surface area contributed by atoms with E-state index in [-0.39, 0.29) is 11.6 Å². The Hall–Kier alpha value is -1.77. The fourth-order valence-electron chi connectivity index (χ4n) is 1.79. The first-order chi connectivity index (χ1) is 7.77. The van der Waals surface area contributed by atoms with Gasteiger partial charge in [-0.3, -0.25) is 0 Å². The van der Waals surface area contributed by atoms with Gasteiger partial charge in [-0.2, -0.15) is 0 Å². The van der Waals surface area contributed by atoms with Crippen molar-refractivity contribution in [1.29, 1.82) is 0 Å². The molecule has 0 amide bonds.